The highest BCUT2D eigenvalue weighted by molar-refractivity contribution is 5.18. The average Bonchev–Trinajstić information content (AvgIpc) is 2.37. The van der Waals surface area contributed by atoms with Crippen molar-refractivity contribution >= 4 is 0 Å². The van der Waals surface area contributed by atoms with Crippen LogP contribution in [0.3, 0.4) is 0 Å². The highest BCUT2D eigenvalue weighted by atomic mass is 19.2. The van der Waals surface area contributed by atoms with E-state index < -0.39 is 11.6 Å². The molecule has 0 aliphatic heterocycles. The number of hydrogen-bond donors (Lipinski definition) is 1. The zero-order valence-corrected chi connectivity index (χ0v) is 11.0. The van der Waals surface area contributed by atoms with Crippen LogP contribution in [0.5, 0.6) is 0 Å². The average molecular weight is 257 g/mol. The van der Waals surface area contributed by atoms with E-state index in [2.05, 4.69) is 5.32 Å². The van der Waals surface area contributed by atoms with Crippen molar-refractivity contribution in [3.8, 4) is 0 Å². The first kappa shape index (κ1) is 15.1. The summed E-state index contributed by atoms with van der Waals surface area (Å²) in [5.41, 5.74) is 0.810. The first-order valence-corrected chi connectivity index (χ1v) is 6.36. The summed E-state index contributed by atoms with van der Waals surface area (Å²) >= 11 is 0. The maximum absolute atomic E-state index is 13.1. The molecule has 0 fully saturated rings. The minimum atomic E-state index is -0.795. The van der Waals surface area contributed by atoms with Crippen molar-refractivity contribution in [2.45, 2.75) is 32.2 Å². The smallest absolute Gasteiger partial charge is 0.159 e. The SMILES string of the molecule is CCOCCCC(Cc1ccc(F)c(F)c1)NC. The topological polar surface area (TPSA) is 21.3 Å². The maximum Gasteiger partial charge on any atom is 0.159 e. The van der Waals surface area contributed by atoms with E-state index in [1.807, 2.05) is 14.0 Å². The van der Waals surface area contributed by atoms with E-state index in [0.29, 0.717) is 6.42 Å². The Labute approximate surface area is 107 Å². The molecule has 1 N–H and O–H groups in total. The van der Waals surface area contributed by atoms with Crippen LogP contribution < -0.4 is 5.32 Å². The summed E-state index contributed by atoms with van der Waals surface area (Å²) in [7, 11) is 1.88. The van der Waals surface area contributed by atoms with E-state index in [4.69, 9.17) is 4.74 Å². The Bertz CT molecular complexity index is 358. The summed E-state index contributed by atoms with van der Waals surface area (Å²) in [6.07, 6.45) is 2.61. The summed E-state index contributed by atoms with van der Waals surface area (Å²) in [5, 5.41) is 3.19. The van der Waals surface area contributed by atoms with Crippen LogP contribution in [0.1, 0.15) is 25.3 Å². The molecular formula is C14H21F2NO. The van der Waals surface area contributed by atoms with Crippen LogP contribution in [-0.4, -0.2) is 26.3 Å². The van der Waals surface area contributed by atoms with Gasteiger partial charge in [0.2, 0.25) is 0 Å². The minimum absolute atomic E-state index is 0.260. The molecule has 0 heterocycles. The van der Waals surface area contributed by atoms with Gasteiger partial charge in [-0.2, -0.15) is 0 Å². The molecular weight excluding hydrogens is 236 g/mol. The fourth-order valence-electron chi connectivity index (χ4n) is 1.88. The second-order valence-electron chi connectivity index (χ2n) is 4.28. The summed E-state index contributed by atoms with van der Waals surface area (Å²) in [6.45, 7) is 3.44. The van der Waals surface area contributed by atoms with Gasteiger partial charge in [-0.25, -0.2) is 8.78 Å². The van der Waals surface area contributed by atoms with Crippen LogP contribution in [0.2, 0.25) is 0 Å². The molecule has 2 nitrogen and oxygen atoms in total. The lowest BCUT2D eigenvalue weighted by atomic mass is 10.0. The predicted octanol–water partition coefficient (Wildman–Crippen LogP) is 2.91. The number of likely N-dealkylation sites (N-methyl/N-ethyl adjacent to an activating group) is 1. The summed E-state index contributed by atoms with van der Waals surface area (Å²) in [4.78, 5) is 0. The van der Waals surface area contributed by atoms with Gasteiger partial charge in [0.05, 0.1) is 0 Å². The van der Waals surface area contributed by atoms with Crippen molar-refractivity contribution in [1.29, 1.82) is 0 Å². The molecule has 1 atom stereocenters. The van der Waals surface area contributed by atoms with Gasteiger partial charge in [0.15, 0.2) is 11.6 Å². The Morgan fingerprint density at radius 2 is 2.06 bits per heavy atom. The van der Waals surface area contributed by atoms with Gasteiger partial charge in [-0.15, -0.1) is 0 Å². The lowest BCUT2D eigenvalue weighted by Gasteiger charge is -2.16. The standard InChI is InChI=1S/C14H21F2NO/c1-3-18-8-4-5-12(17-2)9-11-6-7-13(15)14(16)10-11/h6-7,10,12,17H,3-5,8-9H2,1-2H3. The van der Waals surface area contributed by atoms with Crippen molar-refractivity contribution in [1.82, 2.24) is 5.32 Å². The molecule has 0 aromatic heterocycles. The number of benzene rings is 1. The fraction of sp³-hybridized carbons (Fsp3) is 0.571. The van der Waals surface area contributed by atoms with Gasteiger partial charge in [-0.05, 0) is 50.9 Å². The molecule has 102 valence electrons. The molecule has 1 aromatic rings. The van der Waals surface area contributed by atoms with E-state index in [-0.39, 0.29) is 6.04 Å². The second kappa shape index (κ2) is 8.16. The number of rotatable bonds is 8. The first-order chi connectivity index (χ1) is 8.67. The van der Waals surface area contributed by atoms with Crippen molar-refractivity contribution < 1.29 is 13.5 Å². The van der Waals surface area contributed by atoms with Crippen LogP contribution in [0, 0.1) is 11.6 Å². The molecule has 1 unspecified atom stereocenters. The highest BCUT2D eigenvalue weighted by Gasteiger charge is 2.09. The molecule has 0 saturated carbocycles. The van der Waals surface area contributed by atoms with Gasteiger partial charge >= 0.3 is 0 Å². The molecule has 1 rings (SSSR count). The quantitative estimate of drug-likeness (QED) is 0.723. The monoisotopic (exact) mass is 257 g/mol. The number of hydrogen-bond acceptors (Lipinski definition) is 2. The van der Waals surface area contributed by atoms with Gasteiger partial charge in [-0.1, -0.05) is 6.07 Å². The molecule has 1 aromatic carbocycles. The Balaban J connectivity index is 2.44. The Hall–Kier alpha value is -1.00. The number of nitrogens with one attached hydrogen (secondary N) is 1. The van der Waals surface area contributed by atoms with Gasteiger partial charge in [0.25, 0.3) is 0 Å². The van der Waals surface area contributed by atoms with E-state index in [1.165, 1.54) is 12.1 Å². The Kier molecular flexibility index (Phi) is 6.83. The molecule has 18 heavy (non-hydrogen) atoms. The molecule has 0 aliphatic rings. The summed E-state index contributed by atoms with van der Waals surface area (Å²) in [5.74, 6) is -1.58. The largest absolute Gasteiger partial charge is 0.382 e. The van der Waals surface area contributed by atoms with Gasteiger partial charge in [-0.3, -0.25) is 0 Å². The van der Waals surface area contributed by atoms with Gasteiger partial charge in [0.1, 0.15) is 0 Å². The third kappa shape index (κ3) is 5.10. The lowest BCUT2D eigenvalue weighted by Crippen LogP contribution is -2.28. The molecule has 0 radical (unpaired) electrons. The summed E-state index contributed by atoms with van der Waals surface area (Å²) < 4.78 is 31.1. The lowest BCUT2D eigenvalue weighted by molar-refractivity contribution is 0.141. The molecule has 4 heteroatoms. The molecule has 0 aliphatic carbocycles. The molecule has 0 bridgehead atoms. The number of halogens is 2. The van der Waals surface area contributed by atoms with Gasteiger partial charge < -0.3 is 10.1 Å². The van der Waals surface area contributed by atoms with Crippen molar-refractivity contribution in [3.63, 3.8) is 0 Å². The zero-order valence-electron chi connectivity index (χ0n) is 11.0. The zero-order chi connectivity index (χ0) is 13.4. The van der Waals surface area contributed by atoms with Crippen molar-refractivity contribution in [3.05, 3.63) is 35.4 Å². The second-order valence-corrected chi connectivity index (χ2v) is 4.28. The van der Waals surface area contributed by atoms with Crippen LogP contribution in [-0.2, 0) is 11.2 Å². The third-order valence-electron chi connectivity index (χ3n) is 2.92. The van der Waals surface area contributed by atoms with E-state index in [1.54, 1.807) is 6.07 Å². The van der Waals surface area contributed by atoms with Crippen LogP contribution >= 0.6 is 0 Å². The van der Waals surface area contributed by atoms with E-state index >= 15 is 0 Å². The number of ether oxygens (including phenoxy) is 1. The first-order valence-electron chi connectivity index (χ1n) is 6.36. The minimum Gasteiger partial charge on any atom is -0.382 e. The van der Waals surface area contributed by atoms with Crippen molar-refractivity contribution in [2.24, 2.45) is 0 Å². The van der Waals surface area contributed by atoms with E-state index in [9.17, 15) is 8.78 Å². The third-order valence-corrected chi connectivity index (χ3v) is 2.92. The summed E-state index contributed by atoms with van der Waals surface area (Å²) in [6, 6.07) is 4.33. The Morgan fingerprint density at radius 3 is 2.67 bits per heavy atom. The Morgan fingerprint density at radius 1 is 1.28 bits per heavy atom. The van der Waals surface area contributed by atoms with Crippen LogP contribution in [0.25, 0.3) is 0 Å². The highest BCUT2D eigenvalue weighted by Crippen LogP contribution is 2.12. The fourth-order valence-corrected chi connectivity index (χ4v) is 1.88. The molecule has 0 amide bonds. The molecule has 0 spiro atoms. The maximum atomic E-state index is 13.1. The van der Waals surface area contributed by atoms with E-state index in [0.717, 1.165) is 31.6 Å². The van der Waals surface area contributed by atoms with Crippen LogP contribution in [0.15, 0.2) is 18.2 Å². The van der Waals surface area contributed by atoms with Crippen molar-refractivity contribution in [2.75, 3.05) is 20.3 Å². The van der Waals surface area contributed by atoms with Gasteiger partial charge in [0, 0.05) is 19.3 Å². The predicted molar refractivity (Wildman–Crippen MR) is 68.6 cm³/mol. The van der Waals surface area contributed by atoms with Crippen LogP contribution in [0.4, 0.5) is 8.78 Å². The normalized spacial score (nSPS) is 12.7. The molecule has 0 saturated heterocycles.